The summed E-state index contributed by atoms with van der Waals surface area (Å²) in [5.74, 6) is 1.57. The summed E-state index contributed by atoms with van der Waals surface area (Å²) in [4.78, 5) is 1.23. The zero-order valence-corrected chi connectivity index (χ0v) is 10.6. The van der Waals surface area contributed by atoms with Gasteiger partial charge in [0.2, 0.25) is 6.79 Å². The highest BCUT2D eigenvalue weighted by molar-refractivity contribution is 7.10. The third kappa shape index (κ3) is 2.14. The Morgan fingerprint density at radius 2 is 2.17 bits per heavy atom. The highest BCUT2D eigenvalue weighted by Crippen LogP contribution is 2.35. The quantitative estimate of drug-likeness (QED) is 0.889. The molecule has 4 nitrogen and oxygen atoms in total. The van der Waals surface area contributed by atoms with Crippen molar-refractivity contribution >= 4 is 17.0 Å². The minimum atomic E-state index is 0.130. The molecule has 1 atom stereocenters. The van der Waals surface area contributed by atoms with E-state index in [1.807, 2.05) is 24.3 Å². The zero-order valence-electron chi connectivity index (χ0n) is 9.76. The van der Waals surface area contributed by atoms with Crippen molar-refractivity contribution in [3.05, 3.63) is 40.6 Å². The molecule has 5 heteroatoms. The molecule has 94 valence electrons. The topological polar surface area (TPSA) is 56.5 Å². The van der Waals surface area contributed by atoms with Crippen molar-refractivity contribution in [3.8, 4) is 11.5 Å². The first-order chi connectivity index (χ1) is 8.86. The lowest BCUT2D eigenvalue weighted by Gasteiger charge is -2.16. The molecule has 3 rings (SSSR count). The third-order valence-corrected chi connectivity index (χ3v) is 3.82. The summed E-state index contributed by atoms with van der Waals surface area (Å²) >= 11 is 1.70. The maximum absolute atomic E-state index is 5.81. The van der Waals surface area contributed by atoms with Crippen molar-refractivity contribution in [3.63, 3.8) is 0 Å². The molecule has 1 aromatic heterocycles. The van der Waals surface area contributed by atoms with E-state index in [9.17, 15) is 0 Å². The molecule has 0 saturated heterocycles. The van der Waals surface area contributed by atoms with E-state index < -0.39 is 0 Å². The van der Waals surface area contributed by atoms with Gasteiger partial charge in [-0.05, 0) is 23.6 Å². The number of rotatable bonds is 4. The second kappa shape index (κ2) is 4.88. The summed E-state index contributed by atoms with van der Waals surface area (Å²) in [6.07, 6.45) is 0. The van der Waals surface area contributed by atoms with Crippen molar-refractivity contribution in [1.82, 2.24) is 0 Å². The number of thiophene rings is 1. The van der Waals surface area contributed by atoms with Gasteiger partial charge in [0.25, 0.3) is 0 Å². The van der Waals surface area contributed by atoms with Gasteiger partial charge in [-0.2, -0.15) is 0 Å². The summed E-state index contributed by atoms with van der Waals surface area (Å²) < 4.78 is 10.6. The van der Waals surface area contributed by atoms with Gasteiger partial charge >= 0.3 is 0 Å². The van der Waals surface area contributed by atoms with Crippen LogP contribution < -0.4 is 20.5 Å². The summed E-state index contributed by atoms with van der Waals surface area (Å²) in [6.45, 7) is 0.846. The van der Waals surface area contributed by atoms with Crippen LogP contribution in [0.1, 0.15) is 10.9 Å². The predicted octanol–water partition coefficient (Wildman–Crippen LogP) is 2.59. The second-order valence-electron chi connectivity index (χ2n) is 4.02. The highest BCUT2D eigenvalue weighted by Gasteiger charge is 2.15. The molecule has 18 heavy (non-hydrogen) atoms. The number of fused-ring (bicyclic) bond motifs is 1. The smallest absolute Gasteiger partial charge is 0.231 e. The average molecular weight is 262 g/mol. The molecule has 0 aliphatic carbocycles. The van der Waals surface area contributed by atoms with Crippen LogP contribution in [0.5, 0.6) is 11.5 Å². The molecule has 3 N–H and O–H groups in total. The number of anilines is 1. The third-order valence-electron chi connectivity index (χ3n) is 2.84. The van der Waals surface area contributed by atoms with E-state index in [1.165, 1.54) is 4.88 Å². The normalized spacial score (nSPS) is 14.5. The lowest BCUT2D eigenvalue weighted by molar-refractivity contribution is 0.174. The van der Waals surface area contributed by atoms with Crippen molar-refractivity contribution in [2.45, 2.75) is 6.04 Å². The summed E-state index contributed by atoms with van der Waals surface area (Å²) in [5.41, 5.74) is 6.80. The lowest BCUT2D eigenvalue weighted by atomic mass is 10.2. The number of ether oxygens (including phenoxy) is 2. The Kier molecular flexibility index (Phi) is 3.08. The molecule has 0 amide bonds. The minimum Gasteiger partial charge on any atom is -0.454 e. The molecule has 0 saturated carbocycles. The first-order valence-corrected chi connectivity index (χ1v) is 6.64. The Bertz CT molecular complexity index is 528. The van der Waals surface area contributed by atoms with Crippen LogP contribution in [0.25, 0.3) is 0 Å². The molecule has 0 radical (unpaired) electrons. The van der Waals surface area contributed by atoms with Gasteiger partial charge in [0, 0.05) is 23.2 Å². The van der Waals surface area contributed by atoms with Crippen LogP contribution >= 0.6 is 11.3 Å². The summed E-state index contributed by atoms with van der Waals surface area (Å²) in [7, 11) is 0. The van der Waals surface area contributed by atoms with Crippen LogP contribution in [0.4, 0.5) is 5.69 Å². The summed E-state index contributed by atoms with van der Waals surface area (Å²) in [6, 6.07) is 10.1. The standard InChI is InChI=1S/C13H14N2O2S/c14-7-10(13-2-1-5-18-13)15-9-3-4-11-12(6-9)17-8-16-11/h1-6,10,15H,7-8,14H2. The molecule has 1 unspecified atom stereocenters. The van der Waals surface area contributed by atoms with Crippen molar-refractivity contribution in [1.29, 1.82) is 0 Å². The Hall–Kier alpha value is -1.72. The SMILES string of the molecule is NCC(Nc1ccc2c(c1)OCO2)c1cccs1. The van der Waals surface area contributed by atoms with Gasteiger partial charge in [-0.1, -0.05) is 6.07 Å². The van der Waals surface area contributed by atoms with E-state index in [2.05, 4.69) is 16.8 Å². The number of benzene rings is 1. The molecule has 2 aromatic rings. The van der Waals surface area contributed by atoms with Gasteiger partial charge in [-0.25, -0.2) is 0 Å². The van der Waals surface area contributed by atoms with Crippen LogP contribution in [-0.4, -0.2) is 13.3 Å². The fourth-order valence-corrected chi connectivity index (χ4v) is 2.71. The van der Waals surface area contributed by atoms with Gasteiger partial charge in [-0.3, -0.25) is 0 Å². The molecule has 1 aliphatic rings. The summed E-state index contributed by atoms with van der Waals surface area (Å²) in [5, 5.41) is 5.47. The number of hydrogen-bond acceptors (Lipinski definition) is 5. The molecule has 0 spiro atoms. The number of nitrogens with one attached hydrogen (secondary N) is 1. The second-order valence-corrected chi connectivity index (χ2v) is 5.00. The van der Waals surface area contributed by atoms with Crippen molar-refractivity contribution < 1.29 is 9.47 Å². The Morgan fingerprint density at radius 3 is 2.94 bits per heavy atom. The van der Waals surface area contributed by atoms with Crippen LogP contribution in [0.2, 0.25) is 0 Å². The number of hydrogen-bond donors (Lipinski definition) is 2. The Morgan fingerprint density at radius 1 is 1.28 bits per heavy atom. The monoisotopic (exact) mass is 262 g/mol. The first-order valence-electron chi connectivity index (χ1n) is 5.76. The molecular weight excluding hydrogens is 248 g/mol. The minimum absolute atomic E-state index is 0.130. The molecule has 0 bridgehead atoms. The average Bonchev–Trinajstić information content (AvgIpc) is 3.06. The number of nitrogens with two attached hydrogens (primary N) is 1. The van der Waals surface area contributed by atoms with Gasteiger partial charge in [0.15, 0.2) is 11.5 Å². The Labute approximate surface area is 109 Å². The first kappa shape index (κ1) is 11.4. The van der Waals surface area contributed by atoms with E-state index in [-0.39, 0.29) is 6.04 Å². The van der Waals surface area contributed by atoms with Crippen LogP contribution in [0.15, 0.2) is 35.7 Å². The maximum Gasteiger partial charge on any atom is 0.231 e. The van der Waals surface area contributed by atoms with E-state index >= 15 is 0 Å². The van der Waals surface area contributed by atoms with E-state index in [0.717, 1.165) is 17.2 Å². The lowest BCUT2D eigenvalue weighted by Crippen LogP contribution is -2.19. The van der Waals surface area contributed by atoms with Gasteiger partial charge < -0.3 is 20.5 Å². The van der Waals surface area contributed by atoms with Crippen molar-refractivity contribution in [2.24, 2.45) is 5.73 Å². The molecule has 0 fully saturated rings. The van der Waals surface area contributed by atoms with Crippen LogP contribution in [0, 0.1) is 0 Å². The largest absolute Gasteiger partial charge is 0.454 e. The van der Waals surface area contributed by atoms with E-state index in [1.54, 1.807) is 11.3 Å². The molecule has 1 aliphatic heterocycles. The molecular formula is C13H14N2O2S. The van der Waals surface area contributed by atoms with E-state index in [4.69, 9.17) is 15.2 Å². The Balaban J connectivity index is 1.79. The van der Waals surface area contributed by atoms with Gasteiger partial charge in [0.1, 0.15) is 0 Å². The molecule has 2 heterocycles. The van der Waals surface area contributed by atoms with Crippen LogP contribution in [-0.2, 0) is 0 Å². The fraction of sp³-hybridized carbons (Fsp3) is 0.231. The van der Waals surface area contributed by atoms with E-state index in [0.29, 0.717) is 13.3 Å². The molecule has 1 aromatic carbocycles. The highest BCUT2D eigenvalue weighted by atomic mass is 32.1. The van der Waals surface area contributed by atoms with Gasteiger partial charge in [-0.15, -0.1) is 11.3 Å². The zero-order chi connectivity index (χ0) is 12.4. The fourth-order valence-electron chi connectivity index (χ4n) is 1.92. The maximum atomic E-state index is 5.81. The predicted molar refractivity (Wildman–Crippen MR) is 72.3 cm³/mol. The van der Waals surface area contributed by atoms with Gasteiger partial charge in [0.05, 0.1) is 6.04 Å². The van der Waals surface area contributed by atoms with Crippen LogP contribution in [0.3, 0.4) is 0 Å². The van der Waals surface area contributed by atoms with Crippen molar-refractivity contribution in [2.75, 3.05) is 18.7 Å².